The van der Waals surface area contributed by atoms with Crippen LogP contribution in [0.25, 0.3) is 0 Å². The number of hydrogen-bond acceptors (Lipinski definition) is 3. The summed E-state index contributed by atoms with van der Waals surface area (Å²) in [5.41, 5.74) is 0. The maximum atomic E-state index is 11.0. The summed E-state index contributed by atoms with van der Waals surface area (Å²) in [6, 6.07) is 0. The van der Waals surface area contributed by atoms with E-state index in [9.17, 15) is 4.79 Å². The standard InChI is InChI=1S/C8H13N3O2/c1-6(12)8(13)10-5-7-9-3-4-11(7)2/h3-4,6,12H,5H2,1-2H3,(H,10,13)/t6-/m1/s1. The van der Waals surface area contributed by atoms with Crippen molar-refractivity contribution in [2.75, 3.05) is 0 Å². The third-order valence-electron chi connectivity index (χ3n) is 1.72. The van der Waals surface area contributed by atoms with Gasteiger partial charge in [-0.3, -0.25) is 4.79 Å². The molecule has 1 heterocycles. The highest BCUT2D eigenvalue weighted by Gasteiger charge is 2.08. The van der Waals surface area contributed by atoms with Crippen LogP contribution in [-0.2, 0) is 18.4 Å². The third-order valence-corrected chi connectivity index (χ3v) is 1.72. The minimum absolute atomic E-state index is 0.341. The molecule has 0 fully saturated rings. The molecule has 1 atom stereocenters. The van der Waals surface area contributed by atoms with Gasteiger partial charge in [0, 0.05) is 19.4 Å². The first kappa shape index (κ1) is 9.73. The van der Waals surface area contributed by atoms with Gasteiger partial charge in [0.1, 0.15) is 11.9 Å². The zero-order valence-corrected chi connectivity index (χ0v) is 7.69. The van der Waals surface area contributed by atoms with Gasteiger partial charge in [0.15, 0.2) is 0 Å². The summed E-state index contributed by atoms with van der Waals surface area (Å²) in [7, 11) is 1.84. The number of aromatic nitrogens is 2. The molecule has 0 saturated carbocycles. The minimum Gasteiger partial charge on any atom is -0.384 e. The first-order valence-electron chi connectivity index (χ1n) is 4.03. The van der Waals surface area contributed by atoms with Crippen molar-refractivity contribution in [3.8, 4) is 0 Å². The smallest absolute Gasteiger partial charge is 0.248 e. The largest absolute Gasteiger partial charge is 0.384 e. The van der Waals surface area contributed by atoms with E-state index in [2.05, 4.69) is 10.3 Å². The molecule has 0 aliphatic carbocycles. The molecule has 1 rings (SSSR count). The molecular weight excluding hydrogens is 170 g/mol. The second-order valence-corrected chi connectivity index (χ2v) is 2.85. The van der Waals surface area contributed by atoms with E-state index >= 15 is 0 Å². The first-order valence-corrected chi connectivity index (χ1v) is 4.03. The van der Waals surface area contributed by atoms with Crippen molar-refractivity contribution in [2.24, 2.45) is 7.05 Å². The van der Waals surface area contributed by atoms with Crippen LogP contribution in [0.1, 0.15) is 12.7 Å². The highest BCUT2D eigenvalue weighted by Crippen LogP contribution is 1.93. The van der Waals surface area contributed by atoms with E-state index in [1.54, 1.807) is 12.4 Å². The summed E-state index contributed by atoms with van der Waals surface area (Å²) < 4.78 is 1.81. The number of carbonyl (C=O) groups excluding carboxylic acids is 1. The summed E-state index contributed by atoms with van der Waals surface area (Å²) in [5, 5.41) is 11.4. The van der Waals surface area contributed by atoms with Crippen LogP contribution in [0.3, 0.4) is 0 Å². The van der Waals surface area contributed by atoms with Crippen LogP contribution in [-0.4, -0.2) is 26.7 Å². The lowest BCUT2D eigenvalue weighted by atomic mass is 10.4. The normalized spacial score (nSPS) is 12.5. The Labute approximate surface area is 76.4 Å². The Kier molecular flexibility index (Phi) is 3.02. The van der Waals surface area contributed by atoms with Crippen molar-refractivity contribution in [1.82, 2.24) is 14.9 Å². The van der Waals surface area contributed by atoms with E-state index in [4.69, 9.17) is 5.11 Å². The third kappa shape index (κ3) is 2.55. The lowest BCUT2D eigenvalue weighted by Gasteiger charge is -2.06. The lowest BCUT2D eigenvalue weighted by Crippen LogP contribution is -2.32. The molecule has 5 heteroatoms. The predicted octanol–water partition coefficient (Wildman–Crippen LogP) is -0.583. The van der Waals surface area contributed by atoms with Gasteiger partial charge >= 0.3 is 0 Å². The number of nitrogens with one attached hydrogen (secondary N) is 1. The summed E-state index contributed by atoms with van der Waals surface area (Å²) in [4.78, 5) is 15.0. The number of rotatable bonds is 3. The van der Waals surface area contributed by atoms with Gasteiger partial charge in [-0.25, -0.2) is 4.98 Å². The monoisotopic (exact) mass is 183 g/mol. The summed E-state index contributed by atoms with van der Waals surface area (Å²) in [6.07, 6.45) is 2.48. The minimum atomic E-state index is -0.972. The van der Waals surface area contributed by atoms with Crippen LogP contribution in [0.15, 0.2) is 12.4 Å². The van der Waals surface area contributed by atoms with Crippen LogP contribution in [0.5, 0.6) is 0 Å². The number of nitrogens with zero attached hydrogens (tertiary/aromatic N) is 2. The van der Waals surface area contributed by atoms with Crippen molar-refractivity contribution < 1.29 is 9.90 Å². The quantitative estimate of drug-likeness (QED) is 0.658. The van der Waals surface area contributed by atoms with Crippen LogP contribution < -0.4 is 5.32 Å². The fourth-order valence-electron chi connectivity index (χ4n) is 0.881. The molecule has 0 bridgehead atoms. The summed E-state index contributed by atoms with van der Waals surface area (Å²) in [5.74, 6) is 0.372. The molecule has 5 nitrogen and oxygen atoms in total. The van der Waals surface area contributed by atoms with Crippen LogP contribution in [0, 0.1) is 0 Å². The second kappa shape index (κ2) is 4.04. The number of imidazole rings is 1. The predicted molar refractivity (Wildman–Crippen MR) is 46.7 cm³/mol. The van der Waals surface area contributed by atoms with E-state index < -0.39 is 6.10 Å². The van der Waals surface area contributed by atoms with Crippen LogP contribution >= 0.6 is 0 Å². The van der Waals surface area contributed by atoms with Crippen LogP contribution in [0.2, 0.25) is 0 Å². The Hall–Kier alpha value is -1.36. The molecule has 0 aliphatic heterocycles. The number of aryl methyl sites for hydroxylation is 1. The first-order chi connectivity index (χ1) is 6.11. The van der Waals surface area contributed by atoms with Crippen LogP contribution in [0.4, 0.5) is 0 Å². The average Bonchev–Trinajstić information content (AvgIpc) is 2.47. The molecular formula is C8H13N3O2. The van der Waals surface area contributed by atoms with Gasteiger partial charge in [-0.05, 0) is 6.92 Å². The van der Waals surface area contributed by atoms with Gasteiger partial charge in [-0.1, -0.05) is 0 Å². The van der Waals surface area contributed by atoms with Crippen molar-refractivity contribution in [3.05, 3.63) is 18.2 Å². The topological polar surface area (TPSA) is 67.2 Å². The SMILES string of the molecule is C[C@@H](O)C(=O)NCc1nccn1C. The van der Waals surface area contributed by atoms with Crippen molar-refractivity contribution in [2.45, 2.75) is 19.6 Å². The molecule has 1 aromatic rings. The van der Waals surface area contributed by atoms with Gasteiger partial charge in [-0.15, -0.1) is 0 Å². The molecule has 0 aromatic carbocycles. The zero-order chi connectivity index (χ0) is 9.84. The molecule has 0 aliphatic rings. The van der Waals surface area contributed by atoms with E-state index in [1.807, 2.05) is 11.6 Å². The molecule has 0 saturated heterocycles. The average molecular weight is 183 g/mol. The van der Waals surface area contributed by atoms with Crippen molar-refractivity contribution >= 4 is 5.91 Å². The van der Waals surface area contributed by atoms with Gasteiger partial charge in [-0.2, -0.15) is 0 Å². The number of hydrogen-bond donors (Lipinski definition) is 2. The van der Waals surface area contributed by atoms with Gasteiger partial charge in [0.05, 0.1) is 6.54 Å². The molecule has 13 heavy (non-hydrogen) atoms. The number of carbonyl (C=O) groups is 1. The molecule has 1 aromatic heterocycles. The Morgan fingerprint density at radius 1 is 1.85 bits per heavy atom. The maximum absolute atomic E-state index is 11.0. The Morgan fingerprint density at radius 2 is 2.54 bits per heavy atom. The van der Waals surface area contributed by atoms with E-state index in [0.29, 0.717) is 6.54 Å². The molecule has 72 valence electrons. The summed E-state index contributed by atoms with van der Waals surface area (Å²) >= 11 is 0. The fourth-order valence-corrected chi connectivity index (χ4v) is 0.881. The van der Waals surface area contributed by atoms with Gasteiger partial charge < -0.3 is 15.0 Å². The van der Waals surface area contributed by atoms with E-state index in [1.165, 1.54) is 6.92 Å². The lowest BCUT2D eigenvalue weighted by molar-refractivity contribution is -0.128. The molecule has 0 unspecified atom stereocenters. The molecule has 0 radical (unpaired) electrons. The fraction of sp³-hybridized carbons (Fsp3) is 0.500. The van der Waals surface area contributed by atoms with E-state index in [-0.39, 0.29) is 5.91 Å². The summed E-state index contributed by atoms with van der Waals surface area (Å²) in [6.45, 7) is 1.76. The maximum Gasteiger partial charge on any atom is 0.248 e. The molecule has 1 amide bonds. The number of aliphatic hydroxyl groups excluding tert-OH is 1. The van der Waals surface area contributed by atoms with Gasteiger partial charge in [0.2, 0.25) is 5.91 Å². The zero-order valence-electron chi connectivity index (χ0n) is 7.69. The Morgan fingerprint density at radius 3 is 3.00 bits per heavy atom. The molecule has 0 spiro atoms. The van der Waals surface area contributed by atoms with Crippen molar-refractivity contribution in [1.29, 1.82) is 0 Å². The number of amides is 1. The highest BCUT2D eigenvalue weighted by atomic mass is 16.3. The van der Waals surface area contributed by atoms with E-state index in [0.717, 1.165) is 5.82 Å². The van der Waals surface area contributed by atoms with Crippen molar-refractivity contribution in [3.63, 3.8) is 0 Å². The van der Waals surface area contributed by atoms with Gasteiger partial charge in [0.25, 0.3) is 0 Å². The second-order valence-electron chi connectivity index (χ2n) is 2.85. The molecule has 2 N–H and O–H groups in total. The Bertz CT molecular complexity index is 293. The highest BCUT2D eigenvalue weighted by molar-refractivity contribution is 5.79. The Balaban J connectivity index is 2.44. The number of aliphatic hydroxyl groups is 1.